The van der Waals surface area contributed by atoms with Gasteiger partial charge < -0.3 is 5.32 Å². The van der Waals surface area contributed by atoms with Crippen LogP contribution in [0.2, 0.25) is 0 Å². The Balaban J connectivity index is 0.00000180. The van der Waals surface area contributed by atoms with Gasteiger partial charge in [-0.1, -0.05) is 12.1 Å². The topological polar surface area (TPSA) is 39.1 Å². The summed E-state index contributed by atoms with van der Waals surface area (Å²) < 4.78 is 0. The number of halogens is 1. The molecule has 3 nitrogen and oxygen atoms in total. The molecule has 0 spiro atoms. The molecule has 0 aromatic heterocycles. The summed E-state index contributed by atoms with van der Waals surface area (Å²) in [5.41, 5.74) is 2.02. The van der Waals surface area contributed by atoms with Gasteiger partial charge in [0.25, 0.3) is 0 Å². The minimum Gasteiger partial charge on any atom is -0.317 e. The van der Waals surface area contributed by atoms with Crippen LogP contribution in [0.25, 0.3) is 0 Å². The van der Waals surface area contributed by atoms with E-state index in [0.717, 1.165) is 25.2 Å². The third-order valence-electron chi connectivity index (χ3n) is 3.68. The second-order valence-corrected chi connectivity index (χ2v) is 5.06. The molecule has 19 heavy (non-hydrogen) atoms. The molecule has 1 aromatic carbocycles. The standard InChI is InChI=1S/C15H21N3.ClH/c1-18(15-3-2-9-17-10-8-15)12-14-6-4-13(11-16)5-7-14;/h4-7,15,17H,2-3,8-10,12H2,1H3;1H. The number of nitriles is 1. The third kappa shape index (κ3) is 4.83. The molecule has 0 bridgehead atoms. The van der Waals surface area contributed by atoms with Crippen LogP contribution in [-0.2, 0) is 6.54 Å². The van der Waals surface area contributed by atoms with E-state index in [9.17, 15) is 0 Å². The first-order valence-electron chi connectivity index (χ1n) is 6.69. The first-order chi connectivity index (χ1) is 8.79. The number of hydrogen-bond acceptors (Lipinski definition) is 3. The molecular formula is C15H22ClN3. The van der Waals surface area contributed by atoms with E-state index in [4.69, 9.17) is 5.26 Å². The molecule has 4 heteroatoms. The summed E-state index contributed by atoms with van der Waals surface area (Å²) in [6.07, 6.45) is 3.77. The van der Waals surface area contributed by atoms with Gasteiger partial charge in [0.05, 0.1) is 11.6 Å². The van der Waals surface area contributed by atoms with Gasteiger partial charge in [-0.25, -0.2) is 0 Å². The maximum atomic E-state index is 8.78. The Labute approximate surface area is 122 Å². The van der Waals surface area contributed by atoms with Crippen LogP contribution in [0.5, 0.6) is 0 Å². The van der Waals surface area contributed by atoms with Crippen molar-refractivity contribution >= 4 is 12.4 Å². The van der Waals surface area contributed by atoms with Crippen LogP contribution in [-0.4, -0.2) is 31.1 Å². The number of rotatable bonds is 3. The van der Waals surface area contributed by atoms with E-state index in [2.05, 4.69) is 35.5 Å². The van der Waals surface area contributed by atoms with Crippen molar-refractivity contribution in [2.24, 2.45) is 0 Å². The fraction of sp³-hybridized carbons (Fsp3) is 0.533. The predicted octanol–water partition coefficient (Wildman–Crippen LogP) is 2.55. The maximum Gasteiger partial charge on any atom is 0.0991 e. The Kier molecular flexibility index (Phi) is 6.86. The van der Waals surface area contributed by atoms with Crippen LogP contribution in [0.15, 0.2) is 24.3 Å². The van der Waals surface area contributed by atoms with Crippen LogP contribution in [0.1, 0.15) is 30.4 Å². The molecular weight excluding hydrogens is 258 g/mol. The van der Waals surface area contributed by atoms with Gasteiger partial charge >= 0.3 is 0 Å². The van der Waals surface area contributed by atoms with Gasteiger partial charge in [0.1, 0.15) is 0 Å². The summed E-state index contributed by atoms with van der Waals surface area (Å²) in [7, 11) is 2.20. The molecule has 1 fully saturated rings. The number of benzene rings is 1. The molecule has 0 radical (unpaired) electrons. The van der Waals surface area contributed by atoms with Crippen molar-refractivity contribution in [2.75, 3.05) is 20.1 Å². The molecule has 104 valence electrons. The number of nitrogens with one attached hydrogen (secondary N) is 1. The molecule has 1 unspecified atom stereocenters. The highest BCUT2D eigenvalue weighted by atomic mass is 35.5. The Morgan fingerprint density at radius 2 is 2.00 bits per heavy atom. The Morgan fingerprint density at radius 3 is 2.68 bits per heavy atom. The van der Waals surface area contributed by atoms with Crippen LogP contribution in [0.3, 0.4) is 0 Å². The lowest BCUT2D eigenvalue weighted by molar-refractivity contribution is 0.216. The molecule has 1 saturated heterocycles. The molecule has 2 rings (SSSR count). The molecule has 1 atom stereocenters. The van der Waals surface area contributed by atoms with E-state index in [0.29, 0.717) is 6.04 Å². The monoisotopic (exact) mass is 279 g/mol. The molecule has 1 aliphatic rings. The Hall–Kier alpha value is -1.08. The fourth-order valence-electron chi connectivity index (χ4n) is 2.54. The number of hydrogen-bond donors (Lipinski definition) is 1. The highest BCUT2D eigenvalue weighted by molar-refractivity contribution is 5.85. The second kappa shape index (κ2) is 8.16. The zero-order chi connectivity index (χ0) is 12.8. The predicted molar refractivity (Wildman–Crippen MR) is 80.4 cm³/mol. The lowest BCUT2D eigenvalue weighted by Crippen LogP contribution is -2.31. The first-order valence-corrected chi connectivity index (χ1v) is 6.69. The second-order valence-electron chi connectivity index (χ2n) is 5.06. The zero-order valence-electron chi connectivity index (χ0n) is 11.4. The van der Waals surface area contributed by atoms with Crippen LogP contribution in [0, 0.1) is 11.3 Å². The minimum absolute atomic E-state index is 0. The fourth-order valence-corrected chi connectivity index (χ4v) is 2.54. The smallest absolute Gasteiger partial charge is 0.0991 e. The van der Waals surface area contributed by atoms with Gasteiger partial charge in [0, 0.05) is 12.6 Å². The quantitative estimate of drug-likeness (QED) is 0.924. The molecule has 0 aliphatic carbocycles. The number of nitrogens with zero attached hydrogens (tertiary/aromatic N) is 2. The summed E-state index contributed by atoms with van der Waals surface area (Å²) in [6.45, 7) is 3.25. The average Bonchev–Trinajstić information content (AvgIpc) is 2.68. The van der Waals surface area contributed by atoms with E-state index in [1.165, 1.54) is 24.8 Å². The maximum absolute atomic E-state index is 8.78. The largest absolute Gasteiger partial charge is 0.317 e. The lowest BCUT2D eigenvalue weighted by Gasteiger charge is -2.26. The van der Waals surface area contributed by atoms with Crippen molar-refractivity contribution in [1.29, 1.82) is 5.26 Å². The SMILES string of the molecule is CN(Cc1ccc(C#N)cc1)C1CCCNCC1.Cl. The summed E-state index contributed by atoms with van der Waals surface area (Å²) >= 11 is 0. The van der Waals surface area contributed by atoms with Gasteiger partial charge in [-0.2, -0.15) is 5.26 Å². The van der Waals surface area contributed by atoms with Crippen molar-refractivity contribution in [3.05, 3.63) is 35.4 Å². The molecule has 0 saturated carbocycles. The summed E-state index contributed by atoms with van der Waals surface area (Å²) in [5, 5.41) is 12.2. The Bertz CT molecular complexity index is 402. The van der Waals surface area contributed by atoms with Gasteiger partial charge in [-0.15, -0.1) is 12.4 Å². The molecule has 1 N–H and O–H groups in total. The summed E-state index contributed by atoms with van der Waals surface area (Å²) in [5.74, 6) is 0. The molecule has 1 aliphatic heterocycles. The van der Waals surface area contributed by atoms with Gasteiger partial charge in [0.2, 0.25) is 0 Å². The molecule has 1 heterocycles. The van der Waals surface area contributed by atoms with Crippen molar-refractivity contribution in [3.8, 4) is 6.07 Å². The zero-order valence-corrected chi connectivity index (χ0v) is 12.2. The summed E-state index contributed by atoms with van der Waals surface area (Å²) in [4.78, 5) is 2.44. The van der Waals surface area contributed by atoms with Crippen molar-refractivity contribution in [2.45, 2.75) is 31.8 Å². The van der Waals surface area contributed by atoms with Crippen molar-refractivity contribution < 1.29 is 0 Å². The Morgan fingerprint density at radius 1 is 1.26 bits per heavy atom. The van der Waals surface area contributed by atoms with E-state index in [-0.39, 0.29) is 12.4 Å². The molecule has 0 amide bonds. The first kappa shape index (κ1) is 16.0. The highest BCUT2D eigenvalue weighted by Gasteiger charge is 2.16. The third-order valence-corrected chi connectivity index (χ3v) is 3.68. The van der Waals surface area contributed by atoms with Gasteiger partial charge in [-0.3, -0.25) is 4.90 Å². The van der Waals surface area contributed by atoms with E-state index >= 15 is 0 Å². The van der Waals surface area contributed by atoms with E-state index in [1.54, 1.807) is 0 Å². The van der Waals surface area contributed by atoms with Gasteiger partial charge in [-0.05, 0) is 57.1 Å². The van der Waals surface area contributed by atoms with E-state index < -0.39 is 0 Å². The lowest BCUT2D eigenvalue weighted by atomic mass is 10.1. The van der Waals surface area contributed by atoms with Crippen LogP contribution < -0.4 is 5.32 Å². The molecule has 1 aromatic rings. The minimum atomic E-state index is 0. The normalized spacial score (nSPS) is 19.3. The van der Waals surface area contributed by atoms with Crippen molar-refractivity contribution in [3.63, 3.8) is 0 Å². The summed E-state index contributed by atoms with van der Waals surface area (Å²) in [6, 6.07) is 10.8. The van der Waals surface area contributed by atoms with E-state index in [1.807, 2.05) is 12.1 Å². The van der Waals surface area contributed by atoms with Gasteiger partial charge in [0.15, 0.2) is 0 Å². The average molecular weight is 280 g/mol. The van der Waals surface area contributed by atoms with Crippen LogP contribution >= 0.6 is 12.4 Å². The van der Waals surface area contributed by atoms with Crippen molar-refractivity contribution in [1.82, 2.24) is 10.2 Å². The highest BCUT2D eigenvalue weighted by Crippen LogP contribution is 2.15. The van der Waals surface area contributed by atoms with Crippen LogP contribution in [0.4, 0.5) is 0 Å².